The maximum atomic E-state index is 11.3. The Labute approximate surface area is 118 Å². The average molecular weight is 286 g/mol. The molecule has 0 saturated heterocycles. The van der Waals surface area contributed by atoms with Crippen LogP contribution in [0.2, 0.25) is 0 Å². The molecule has 0 heterocycles. The second kappa shape index (κ2) is 11.1. The summed E-state index contributed by atoms with van der Waals surface area (Å²) in [4.78, 5) is 44.3. The molecule has 6 nitrogen and oxygen atoms in total. The second-order valence-electron chi connectivity index (χ2n) is 4.50. The van der Waals surface area contributed by atoms with Crippen molar-refractivity contribution in [3.05, 3.63) is 0 Å². The van der Waals surface area contributed by atoms with Crippen LogP contribution in [0.25, 0.3) is 0 Å². The van der Waals surface area contributed by atoms with Crippen LogP contribution in [0.5, 0.6) is 0 Å². The molecule has 0 saturated carbocycles. The van der Waals surface area contributed by atoms with Crippen molar-refractivity contribution in [3.63, 3.8) is 0 Å². The van der Waals surface area contributed by atoms with Crippen LogP contribution in [0.3, 0.4) is 0 Å². The normalized spacial score (nSPS) is 9.90. The Morgan fingerprint density at radius 3 is 1.30 bits per heavy atom. The van der Waals surface area contributed by atoms with E-state index in [4.69, 9.17) is 0 Å². The third kappa shape index (κ3) is 10.2. The van der Waals surface area contributed by atoms with Crippen molar-refractivity contribution >= 4 is 23.5 Å². The molecule has 0 spiro atoms. The van der Waals surface area contributed by atoms with Crippen LogP contribution >= 0.6 is 0 Å². The summed E-state index contributed by atoms with van der Waals surface area (Å²) in [5.74, 6) is -1.27. The first-order chi connectivity index (χ1) is 9.49. The molecular weight excluding hydrogens is 264 g/mol. The van der Waals surface area contributed by atoms with Gasteiger partial charge in [-0.25, -0.2) is 0 Å². The summed E-state index contributed by atoms with van der Waals surface area (Å²) in [7, 11) is 2.50. The predicted molar refractivity (Wildman–Crippen MR) is 71.0 cm³/mol. The molecule has 0 aliphatic rings. The van der Waals surface area contributed by atoms with E-state index in [1.54, 1.807) is 0 Å². The SMILES string of the molecule is COC(=O)CC(=O)CCCCCCC(=O)CC(=O)OC. The van der Waals surface area contributed by atoms with Gasteiger partial charge in [0, 0.05) is 12.8 Å². The van der Waals surface area contributed by atoms with Crippen molar-refractivity contribution < 1.29 is 28.7 Å². The van der Waals surface area contributed by atoms with E-state index in [0.29, 0.717) is 25.7 Å². The minimum atomic E-state index is -0.511. The summed E-state index contributed by atoms with van der Waals surface area (Å²) in [6.45, 7) is 0. The van der Waals surface area contributed by atoms with E-state index in [2.05, 4.69) is 9.47 Å². The van der Waals surface area contributed by atoms with Gasteiger partial charge in [0.25, 0.3) is 0 Å². The summed E-state index contributed by atoms with van der Waals surface area (Å²) in [6, 6.07) is 0. The Morgan fingerprint density at radius 2 is 1.00 bits per heavy atom. The molecule has 0 fully saturated rings. The molecule has 0 aromatic carbocycles. The van der Waals surface area contributed by atoms with Crippen molar-refractivity contribution in [1.29, 1.82) is 0 Å². The highest BCUT2D eigenvalue weighted by atomic mass is 16.5. The summed E-state index contributed by atoms with van der Waals surface area (Å²) in [6.07, 6.45) is 3.39. The van der Waals surface area contributed by atoms with Gasteiger partial charge in [-0.3, -0.25) is 19.2 Å². The van der Waals surface area contributed by atoms with Crippen molar-refractivity contribution in [2.45, 2.75) is 51.4 Å². The third-order valence-electron chi connectivity index (χ3n) is 2.80. The monoisotopic (exact) mass is 286 g/mol. The smallest absolute Gasteiger partial charge is 0.313 e. The van der Waals surface area contributed by atoms with Crippen LogP contribution in [0.15, 0.2) is 0 Å². The largest absolute Gasteiger partial charge is 0.469 e. The maximum absolute atomic E-state index is 11.3. The first-order valence-electron chi connectivity index (χ1n) is 6.66. The van der Waals surface area contributed by atoms with Gasteiger partial charge in [0.05, 0.1) is 14.2 Å². The fourth-order valence-electron chi connectivity index (χ4n) is 1.64. The van der Waals surface area contributed by atoms with E-state index >= 15 is 0 Å². The lowest BCUT2D eigenvalue weighted by molar-refractivity contribution is -0.145. The van der Waals surface area contributed by atoms with E-state index in [9.17, 15) is 19.2 Å². The molecule has 0 radical (unpaired) electrons. The Balaban J connectivity index is 3.49. The van der Waals surface area contributed by atoms with Crippen LogP contribution in [0, 0.1) is 0 Å². The molecule has 0 bridgehead atoms. The first-order valence-corrected chi connectivity index (χ1v) is 6.66. The van der Waals surface area contributed by atoms with Gasteiger partial charge in [-0.15, -0.1) is 0 Å². The Kier molecular flexibility index (Phi) is 10.2. The van der Waals surface area contributed by atoms with Crippen molar-refractivity contribution in [2.24, 2.45) is 0 Å². The first kappa shape index (κ1) is 18.3. The summed E-state index contributed by atoms with van der Waals surface area (Å²) in [5.41, 5.74) is 0. The fraction of sp³-hybridized carbons (Fsp3) is 0.714. The molecule has 0 aromatic heterocycles. The number of carbonyl (C=O) groups excluding carboxylic acids is 4. The van der Waals surface area contributed by atoms with Gasteiger partial charge in [0.2, 0.25) is 0 Å². The van der Waals surface area contributed by atoms with Crippen molar-refractivity contribution in [2.75, 3.05) is 14.2 Å². The van der Waals surface area contributed by atoms with Gasteiger partial charge in [-0.1, -0.05) is 12.8 Å². The zero-order valence-electron chi connectivity index (χ0n) is 12.1. The minimum absolute atomic E-state index is 0.126. The van der Waals surface area contributed by atoms with Gasteiger partial charge in [-0.05, 0) is 12.8 Å². The second-order valence-corrected chi connectivity index (χ2v) is 4.50. The molecule has 0 aliphatic heterocycles. The number of ketones is 2. The molecule has 0 aromatic rings. The number of Topliss-reactive ketones (excluding diaryl/α,β-unsaturated/α-hetero) is 2. The Bertz CT molecular complexity index is 314. The number of hydrogen-bond acceptors (Lipinski definition) is 6. The number of hydrogen-bond donors (Lipinski definition) is 0. The number of methoxy groups -OCH3 is 2. The van der Waals surface area contributed by atoms with Gasteiger partial charge in [-0.2, -0.15) is 0 Å². The van der Waals surface area contributed by atoms with Gasteiger partial charge in [0.1, 0.15) is 24.4 Å². The van der Waals surface area contributed by atoms with Gasteiger partial charge >= 0.3 is 11.9 Å². The fourth-order valence-corrected chi connectivity index (χ4v) is 1.64. The predicted octanol–water partition coefficient (Wildman–Crippen LogP) is 1.59. The van der Waals surface area contributed by atoms with E-state index in [-0.39, 0.29) is 24.4 Å². The molecule has 20 heavy (non-hydrogen) atoms. The van der Waals surface area contributed by atoms with Crippen LogP contribution in [0.1, 0.15) is 51.4 Å². The van der Waals surface area contributed by atoms with Crippen LogP contribution < -0.4 is 0 Å². The summed E-state index contributed by atoms with van der Waals surface area (Å²) >= 11 is 0. The topological polar surface area (TPSA) is 86.7 Å². The molecule has 0 amide bonds. The van der Waals surface area contributed by atoms with Gasteiger partial charge < -0.3 is 9.47 Å². The van der Waals surface area contributed by atoms with E-state index in [1.807, 2.05) is 0 Å². The highest BCUT2D eigenvalue weighted by Gasteiger charge is 2.10. The summed E-state index contributed by atoms with van der Waals surface area (Å²) < 4.78 is 8.80. The van der Waals surface area contributed by atoms with Crippen LogP contribution in [0.4, 0.5) is 0 Å². The molecule has 114 valence electrons. The lowest BCUT2D eigenvalue weighted by Gasteiger charge is -2.02. The standard InChI is InChI=1S/C14H22O6/c1-19-13(17)9-11(15)7-5-3-4-6-8-12(16)10-14(18)20-2/h3-10H2,1-2H3. The third-order valence-corrected chi connectivity index (χ3v) is 2.80. The molecule has 0 unspecified atom stereocenters. The highest BCUT2D eigenvalue weighted by molar-refractivity contribution is 5.95. The number of esters is 2. The maximum Gasteiger partial charge on any atom is 0.313 e. The van der Waals surface area contributed by atoms with E-state index in [0.717, 1.165) is 12.8 Å². The molecule has 0 rings (SSSR count). The van der Waals surface area contributed by atoms with Crippen molar-refractivity contribution in [3.8, 4) is 0 Å². The van der Waals surface area contributed by atoms with E-state index in [1.165, 1.54) is 14.2 Å². The van der Waals surface area contributed by atoms with Crippen LogP contribution in [-0.4, -0.2) is 37.7 Å². The van der Waals surface area contributed by atoms with Gasteiger partial charge in [0.15, 0.2) is 0 Å². The lowest BCUT2D eigenvalue weighted by atomic mass is 10.1. The summed E-state index contributed by atoms with van der Waals surface area (Å²) in [5, 5.41) is 0. The van der Waals surface area contributed by atoms with E-state index < -0.39 is 11.9 Å². The Morgan fingerprint density at radius 1 is 0.650 bits per heavy atom. The molecule has 0 N–H and O–H groups in total. The molecule has 0 aliphatic carbocycles. The number of rotatable bonds is 11. The Hall–Kier alpha value is -1.72. The average Bonchev–Trinajstić information content (AvgIpc) is 2.42. The molecule has 6 heteroatoms. The molecule has 0 atom stereocenters. The minimum Gasteiger partial charge on any atom is -0.469 e. The number of carbonyl (C=O) groups is 4. The van der Waals surface area contributed by atoms with Crippen molar-refractivity contribution in [1.82, 2.24) is 0 Å². The quantitative estimate of drug-likeness (QED) is 0.326. The lowest BCUT2D eigenvalue weighted by Crippen LogP contribution is -2.09. The number of unbranched alkanes of at least 4 members (excludes halogenated alkanes) is 3. The highest BCUT2D eigenvalue weighted by Crippen LogP contribution is 2.08. The zero-order chi connectivity index (χ0) is 15.4. The zero-order valence-corrected chi connectivity index (χ0v) is 12.1. The molecular formula is C14H22O6. The van der Waals surface area contributed by atoms with Crippen LogP contribution in [-0.2, 0) is 28.7 Å². The number of ether oxygens (including phenoxy) is 2.